The minimum atomic E-state index is -0.429. The molecule has 2 rings (SSSR count). The standard InChI is InChI=1S/C14H18N4O2/c15-12(19)7-8-16-14(20)9-17-13-6-5-10-3-1-2-4-11(10)18-13/h1-4H,5-9H2,(H2,15,19)(H,16,20)(H,17,18). The molecule has 6 nitrogen and oxygen atoms in total. The average Bonchev–Trinajstić information content (AvgIpc) is 2.44. The van der Waals surface area contributed by atoms with E-state index in [-0.39, 0.29) is 25.4 Å². The van der Waals surface area contributed by atoms with Crippen LogP contribution in [0.2, 0.25) is 0 Å². The van der Waals surface area contributed by atoms with Gasteiger partial charge in [0.05, 0.1) is 0 Å². The summed E-state index contributed by atoms with van der Waals surface area (Å²) in [6.45, 7) is 0.318. The number of para-hydroxylation sites is 1. The highest BCUT2D eigenvalue weighted by Gasteiger charge is 2.12. The van der Waals surface area contributed by atoms with Gasteiger partial charge in [-0.25, -0.2) is 0 Å². The summed E-state index contributed by atoms with van der Waals surface area (Å²) in [5.74, 6) is 0.176. The van der Waals surface area contributed by atoms with E-state index in [0.717, 1.165) is 24.4 Å². The lowest BCUT2D eigenvalue weighted by Gasteiger charge is -2.19. The number of fused-ring (bicyclic) bond motifs is 1. The van der Waals surface area contributed by atoms with E-state index < -0.39 is 5.91 Å². The lowest BCUT2D eigenvalue weighted by atomic mass is 10.0. The Bertz CT molecular complexity index is 540. The first kappa shape index (κ1) is 14.0. The molecule has 106 valence electrons. The van der Waals surface area contributed by atoms with Crippen molar-refractivity contribution >= 4 is 23.3 Å². The van der Waals surface area contributed by atoms with Crippen LogP contribution in [0.1, 0.15) is 18.4 Å². The summed E-state index contributed by atoms with van der Waals surface area (Å²) < 4.78 is 0. The van der Waals surface area contributed by atoms with Crippen LogP contribution >= 0.6 is 0 Å². The molecule has 0 atom stereocenters. The number of hydrogen-bond acceptors (Lipinski definition) is 3. The van der Waals surface area contributed by atoms with Crippen LogP contribution in [0.25, 0.3) is 0 Å². The number of nitrogens with zero attached hydrogens (tertiary/aromatic N) is 1. The number of benzene rings is 1. The van der Waals surface area contributed by atoms with E-state index in [1.165, 1.54) is 5.56 Å². The number of nitrogens with two attached hydrogens (primary N) is 1. The molecular weight excluding hydrogens is 256 g/mol. The molecule has 6 heteroatoms. The van der Waals surface area contributed by atoms with Crippen LogP contribution in [-0.2, 0) is 16.0 Å². The van der Waals surface area contributed by atoms with E-state index in [1.807, 2.05) is 18.2 Å². The molecule has 0 radical (unpaired) electrons. The Balaban J connectivity index is 1.81. The molecular formula is C14H18N4O2. The number of amides is 2. The van der Waals surface area contributed by atoms with E-state index in [4.69, 9.17) is 5.73 Å². The minimum absolute atomic E-state index is 0.0588. The fourth-order valence-electron chi connectivity index (χ4n) is 2.00. The van der Waals surface area contributed by atoms with Gasteiger partial charge in [0, 0.05) is 25.1 Å². The quantitative estimate of drug-likeness (QED) is 0.726. The molecule has 2 amide bonds. The molecule has 1 aliphatic rings. The van der Waals surface area contributed by atoms with Crippen molar-refractivity contribution in [2.24, 2.45) is 10.7 Å². The van der Waals surface area contributed by atoms with Crippen molar-refractivity contribution in [1.82, 2.24) is 5.32 Å². The Morgan fingerprint density at radius 3 is 2.90 bits per heavy atom. The van der Waals surface area contributed by atoms with Gasteiger partial charge in [-0.3, -0.25) is 14.6 Å². The molecule has 1 aromatic carbocycles. The summed E-state index contributed by atoms with van der Waals surface area (Å²) in [7, 11) is 0. The maximum Gasteiger partial charge on any atom is 0.241 e. The smallest absolute Gasteiger partial charge is 0.241 e. The van der Waals surface area contributed by atoms with Crippen LogP contribution in [0, 0.1) is 0 Å². The number of primary amides is 1. The number of rotatable bonds is 5. The Morgan fingerprint density at radius 2 is 2.10 bits per heavy atom. The van der Waals surface area contributed by atoms with Gasteiger partial charge in [0.1, 0.15) is 12.4 Å². The zero-order chi connectivity index (χ0) is 14.4. The number of carbonyl (C=O) groups excluding carboxylic acids is 2. The van der Waals surface area contributed by atoms with Crippen molar-refractivity contribution in [3.05, 3.63) is 29.8 Å². The number of anilines is 1. The fourth-order valence-corrected chi connectivity index (χ4v) is 2.00. The molecule has 0 bridgehead atoms. The molecule has 20 heavy (non-hydrogen) atoms. The molecule has 1 aliphatic heterocycles. The molecule has 0 fully saturated rings. The third kappa shape index (κ3) is 4.08. The first-order valence-electron chi connectivity index (χ1n) is 6.58. The largest absolute Gasteiger partial charge is 0.370 e. The second-order valence-electron chi connectivity index (χ2n) is 4.61. The third-order valence-corrected chi connectivity index (χ3v) is 3.03. The zero-order valence-corrected chi connectivity index (χ0v) is 11.2. The van der Waals surface area contributed by atoms with Crippen LogP contribution in [-0.4, -0.2) is 30.7 Å². The van der Waals surface area contributed by atoms with Crippen LogP contribution in [0.4, 0.5) is 5.69 Å². The van der Waals surface area contributed by atoms with Crippen LogP contribution in [0.15, 0.2) is 29.3 Å². The third-order valence-electron chi connectivity index (χ3n) is 3.03. The predicted molar refractivity (Wildman–Crippen MR) is 77.5 cm³/mol. The van der Waals surface area contributed by atoms with Crippen LogP contribution in [0.5, 0.6) is 0 Å². The zero-order valence-electron chi connectivity index (χ0n) is 11.2. The number of nitrogens with one attached hydrogen (secondary N) is 2. The van der Waals surface area contributed by atoms with Gasteiger partial charge in [-0.1, -0.05) is 18.2 Å². The second-order valence-corrected chi connectivity index (χ2v) is 4.61. The maximum atomic E-state index is 11.5. The normalized spacial score (nSPS) is 15.3. The lowest BCUT2D eigenvalue weighted by molar-refractivity contribution is -0.120. The van der Waals surface area contributed by atoms with Crippen LogP contribution < -0.4 is 16.4 Å². The van der Waals surface area contributed by atoms with E-state index in [9.17, 15) is 9.59 Å². The number of carbonyl (C=O) groups is 2. The van der Waals surface area contributed by atoms with Gasteiger partial charge in [0.15, 0.2) is 0 Å². The maximum absolute atomic E-state index is 11.5. The van der Waals surface area contributed by atoms with E-state index in [1.54, 1.807) is 0 Å². The van der Waals surface area contributed by atoms with E-state index in [2.05, 4.69) is 21.7 Å². The molecule has 0 unspecified atom stereocenters. The van der Waals surface area contributed by atoms with Crippen molar-refractivity contribution in [3.8, 4) is 0 Å². The summed E-state index contributed by atoms with van der Waals surface area (Å²) in [5, 5.41) is 5.82. The highest BCUT2D eigenvalue weighted by Crippen LogP contribution is 2.21. The molecule has 0 aromatic heterocycles. The van der Waals surface area contributed by atoms with Gasteiger partial charge in [0.2, 0.25) is 11.8 Å². The Morgan fingerprint density at radius 1 is 1.30 bits per heavy atom. The highest BCUT2D eigenvalue weighted by atomic mass is 16.2. The van der Waals surface area contributed by atoms with Gasteiger partial charge >= 0.3 is 0 Å². The topological polar surface area (TPSA) is 96.6 Å². The number of aryl methyl sites for hydroxylation is 1. The number of hydrogen-bond donors (Lipinski definition) is 3. The Labute approximate surface area is 117 Å². The van der Waals surface area contributed by atoms with E-state index >= 15 is 0 Å². The minimum Gasteiger partial charge on any atom is -0.370 e. The first-order chi connectivity index (χ1) is 9.65. The summed E-state index contributed by atoms with van der Waals surface area (Å²) in [6, 6.07) is 8.05. The van der Waals surface area contributed by atoms with Gasteiger partial charge in [-0.05, 0) is 18.1 Å². The summed E-state index contributed by atoms with van der Waals surface area (Å²) in [4.78, 5) is 26.3. The van der Waals surface area contributed by atoms with Crippen molar-refractivity contribution in [2.75, 3.05) is 18.4 Å². The molecule has 0 saturated carbocycles. The molecule has 1 heterocycles. The molecule has 4 N–H and O–H groups in total. The van der Waals surface area contributed by atoms with Gasteiger partial charge in [0.25, 0.3) is 0 Å². The lowest BCUT2D eigenvalue weighted by Crippen LogP contribution is -2.30. The van der Waals surface area contributed by atoms with Gasteiger partial charge in [-0.2, -0.15) is 0 Å². The second kappa shape index (κ2) is 6.70. The van der Waals surface area contributed by atoms with Crippen molar-refractivity contribution in [2.45, 2.75) is 19.3 Å². The molecule has 0 aliphatic carbocycles. The van der Waals surface area contributed by atoms with Crippen molar-refractivity contribution in [3.63, 3.8) is 0 Å². The van der Waals surface area contributed by atoms with E-state index in [0.29, 0.717) is 0 Å². The highest BCUT2D eigenvalue weighted by molar-refractivity contribution is 5.99. The molecule has 1 aromatic rings. The molecule has 0 saturated heterocycles. The fraction of sp³-hybridized carbons (Fsp3) is 0.357. The summed E-state index contributed by atoms with van der Waals surface area (Å²) in [5.41, 5.74) is 7.30. The summed E-state index contributed by atoms with van der Waals surface area (Å²) >= 11 is 0. The monoisotopic (exact) mass is 274 g/mol. The van der Waals surface area contributed by atoms with Gasteiger partial charge < -0.3 is 16.4 Å². The average molecular weight is 274 g/mol. The number of amidine groups is 1. The first-order valence-corrected chi connectivity index (χ1v) is 6.58. The van der Waals surface area contributed by atoms with Gasteiger partial charge in [-0.15, -0.1) is 0 Å². The number of aliphatic imine (C=N–C) groups is 1. The summed E-state index contributed by atoms with van der Waals surface area (Å²) in [6.07, 6.45) is 1.87. The Hall–Kier alpha value is -2.37. The SMILES string of the molecule is NC(=O)CCNC(=O)CN=C1CCc2ccccc2N1. The van der Waals surface area contributed by atoms with Crippen molar-refractivity contribution < 1.29 is 9.59 Å². The Kier molecular flexibility index (Phi) is 4.70. The van der Waals surface area contributed by atoms with Crippen LogP contribution in [0.3, 0.4) is 0 Å². The predicted octanol–water partition coefficient (Wildman–Crippen LogP) is 0.435. The van der Waals surface area contributed by atoms with Crippen molar-refractivity contribution in [1.29, 1.82) is 0 Å². The molecule has 0 spiro atoms.